The molecule has 1 amide bonds. The molecule has 42 heavy (non-hydrogen) atoms. The zero-order valence-corrected chi connectivity index (χ0v) is 25.9. The van der Waals surface area contributed by atoms with Crippen LogP contribution in [0, 0.1) is 17.8 Å². The first-order valence-corrected chi connectivity index (χ1v) is 16.8. The van der Waals surface area contributed by atoms with E-state index < -0.39 is 0 Å². The van der Waals surface area contributed by atoms with Gasteiger partial charge in [-0.15, -0.1) is 0 Å². The van der Waals surface area contributed by atoms with Gasteiger partial charge in [-0.1, -0.05) is 29.8 Å². The minimum absolute atomic E-state index is 0.0480. The number of amides is 1. The number of hydrogen-bond acceptors (Lipinski definition) is 6. The third kappa shape index (κ3) is 5.47. The predicted molar refractivity (Wildman–Crippen MR) is 169 cm³/mol. The van der Waals surface area contributed by atoms with Gasteiger partial charge in [-0.05, 0) is 116 Å². The molecule has 0 aromatic heterocycles. The number of anilines is 1. The Morgan fingerprint density at radius 3 is 2.93 bits per heavy atom. The van der Waals surface area contributed by atoms with E-state index in [1.54, 1.807) is 11.9 Å². The van der Waals surface area contributed by atoms with Crippen LogP contribution in [-0.4, -0.2) is 57.3 Å². The highest BCUT2D eigenvalue weighted by molar-refractivity contribution is 7.98. The number of halogens is 1. The van der Waals surface area contributed by atoms with E-state index in [0.29, 0.717) is 35.2 Å². The number of rotatable bonds is 1. The Hall–Kier alpha value is -2.19. The lowest BCUT2D eigenvalue weighted by Crippen LogP contribution is -2.49. The van der Waals surface area contributed by atoms with E-state index in [4.69, 9.17) is 25.8 Å². The van der Waals surface area contributed by atoms with Gasteiger partial charge in [-0.25, -0.2) is 0 Å². The summed E-state index contributed by atoms with van der Waals surface area (Å²) in [5.74, 6) is 2.15. The molecule has 0 unspecified atom stereocenters. The molecule has 1 saturated heterocycles. The molecule has 6 atom stereocenters. The lowest BCUT2D eigenvalue weighted by molar-refractivity contribution is 0.0129. The van der Waals surface area contributed by atoms with E-state index in [-0.39, 0.29) is 17.4 Å². The molecule has 2 fully saturated rings. The highest BCUT2D eigenvalue weighted by atomic mass is 35.5. The van der Waals surface area contributed by atoms with Gasteiger partial charge in [0.1, 0.15) is 5.75 Å². The average Bonchev–Trinajstić information content (AvgIpc) is 3.14. The normalized spacial score (nSPS) is 33.6. The first-order valence-electron chi connectivity index (χ1n) is 15.6. The highest BCUT2D eigenvalue weighted by Gasteiger charge is 2.44. The van der Waals surface area contributed by atoms with E-state index in [1.807, 2.05) is 25.3 Å². The molecule has 2 aromatic carbocycles. The summed E-state index contributed by atoms with van der Waals surface area (Å²) in [6.45, 7) is 3.85. The second kappa shape index (κ2) is 12.1. The highest BCUT2D eigenvalue weighted by Crippen LogP contribution is 2.47. The van der Waals surface area contributed by atoms with Crippen LogP contribution in [0.5, 0.6) is 5.75 Å². The summed E-state index contributed by atoms with van der Waals surface area (Å²) >= 11 is 8.00. The number of carbonyl (C=O) groups excluding carboxylic acids is 1. The average molecular weight is 609 g/mol. The SMILES string of the molecule is CO[C@H]1/C=C/C[C@H]2COCC[C@@H]2SNC(=O)c2ccc3c(c2)N(C[C@@H]2CC[C@H]21)C[C@@]1(CCCc2cc(Cl)ccc21)CO3. The van der Waals surface area contributed by atoms with Crippen molar-refractivity contribution < 1.29 is 19.0 Å². The fourth-order valence-electron chi connectivity index (χ4n) is 7.92. The minimum atomic E-state index is -0.131. The molecule has 6 nitrogen and oxygen atoms in total. The largest absolute Gasteiger partial charge is 0.490 e. The lowest BCUT2D eigenvalue weighted by Gasteiger charge is -2.46. The summed E-state index contributed by atoms with van der Waals surface area (Å²) in [4.78, 5) is 16.0. The molecule has 3 aliphatic heterocycles. The molecule has 2 bridgehead atoms. The summed E-state index contributed by atoms with van der Waals surface area (Å²) in [5, 5.41) is 1.11. The molecular formula is C34H41ClN2O4S. The summed E-state index contributed by atoms with van der Waals surface area (Å²) in [6.07, 6.45) is 12.1. The Morgan fingerprint density at radius 1 is 1.14 bits per heavy atom. The van der Waals surface area contributed by atoms with Crippen LogP contribution in [-0.2, 0) is 21.3 Å². The number of methoxy groups -OCH3 is 1. The van der Waals surface area contributed by atoms with Crippen LogP contribution in [0.3, 0.4) is 0 Å². The number of aryl methyl sites for hydroxylation is 1. The second-order valence-corrected chi connectivity index (χ2v) is 14.3. The van der Waals surface area contributed by atoms with Gasteiger partial charge >= 0.3 is 0 Å². The van der Waals surface area contributed by atoms with Crippen molar-refractivity contribution >= 4 is 35.1 Å². The number of nitrogens with zero attached hydrogens (tertiary/aromatic N) is 1. The molecular weight excluding hydrogens is 568 g/mol. The van der Waals surface area contributed by atoms with Crippen molar-refractivity contribution in [3.63, 3.8) is 0 Å². The van der Waals surface area contributed by atoms with Crippen molar-refractivity contribution in [2.45, 2.75) is 61.7 Å². The van der Waals surface area contributed by atoms with Crippen molar-refractivity contribution in [2.75, 3.05) is 44.9 Å². The minimum Gasteiger partial charge on any atom is -0.490 e. The lowest BCUT2D eigenvalue weighted by atomic mass is 9.68. The van der Waals surface area contributed by atoms with E-state index >= 15 is 0 Å². The molecule has 1 saturated carbocycles. The fourth-order valence-corrected chi connectivity index (χ4v) is 9.08. The van der Waals surface area contributed by atoms with Gasteiger partial charge in [0.2, 0.25) is 0 Å². The van der Waals surface area contributed by atoms with E-state index in [0.717, 1.165) is 74.9 Å². The molecule has 5 aliphatic rings. The summed E-state index contributed by atoms with van der Waals surface area (Å²) in [6, 6.07) is 12.4. The smallest absolute Gasteiger partial charge is 0.261 e. The van der Waals surface area contributed by atoms with Crippen LogP contribution >= 0.6 is 23.5 Å². The number of ether oxygens (including phenoxy) is 3. The molecule has 0 radical (unpaired) electrons. The zero-order chi connectivity index (χ0) is 28.7. The third-order valence-electron chi connectivity index (χ3n) is 10.4. The molecule has 1 N–H and O–H groups in total. The molecule has 224 valence electrons. The number of nitrogens with one attached hydrogen (secondary N) is 1. The number of fused-ring (bicyclic) bond motifs is 5. The van der Waals surface area contributed by atoms with Gasteiger partial charge in [0.25, 0.3) is 5.91 Å². The molecule has 8 heteroatoms. The van der Waals surface area contributed by atoms with Crippen molar-refractivity contribution in [3.05, 3.63) is 70.3 Å². The molecule has 7 rings (SSSR count). The van der Waals surface area contributed by atoms with Gasteiger partial charge < -0.3 is 19.1 Å². The third-order valence-corrected chi connectivity index (χ3v) is 11.9. The van der Waals surface area contributed by atoms with Crippen LogP contribution in [0.4, 0.5) is 5.69 Å². The molecule has 3 heterocycles. The van der Waals surface area contributed by atoms with Crippen molar-refractivity contribution in [3.8, 4) is 5.75 Å². The van der Waals surface area contributed by atoms with Crippen LogP contribution in [0.15, 0.2) is 48.6 Å². The first-order chi connectivity index (χ1) is 20.5. The van der Waals surface area contributed by atoms with Crippen LogP contribution in [0.2, 0.25) is 5.02 Å². The Kier molecular flexibility index (Phi) is 8.21. The maximum atomic E-state index is 13.5. The number of benzene rings is 2. The Balaban J connectivity index is 1.26. The topological polar surface area (TPSA) is 60.0 Å². The maximum Gasteiger partial charge on any atom is 0.261 e. The number of hydrogen-bond donors (Lipinski definition) is 1. The second-order valence-electron chi connectivity index (χ2n) is 12.9. The Morgan fingerprint density at radius 2 is 2.07 bits per heavy atom. The number of allylic oxidation sites excluding steroid dienone is 1. The van der Waals surface area contributed by atoms with E-state index in [2.05, 4.69) is 40.0 Å². The van der Waals surface area contributed by atoms with Gasteiger partial charge in [-0.2, -0.15) is 0 Å². The van der Waals surface area contributed by atoms with Crippen LogP contribution in [0.1, 0.15) is 60.0 Å². The fraction of sp³-hybridized carbons (Fsp3) is 0.559. The van der Waals surface area contributed by atoms with Crippen molar-refractivity contribution in [1.29, 1.82) is 0 Å². The zero-order valence-electron chi connectivity index (χ0n) is 24.4. The number of carbonyl (C=O) groups is 1. The van der Waals surface area contributed by atoms with Gasteiger partial charge in [0, 0.05) is 48.1 Å². The van der Waals surface area contributed by atoms with Gasteiger partial charge in [0.05, 0.1) is 25.0 Å². The Labute approximate surface area is 258 Å². The molecule has 2 aliphatic carbocycles. The molecule has 1 spiro atoms. The van der Waals surface area contributed by atoms with Crippen LogP contribution < -0.4 is 14.4 Å². The van der Waals surface area contributed by atoms with E-state index in [9.17, 15) is 4.79 Å². The van der Waals surface area contributed by atoms with Crippen molar-refractivity contribution in [1.82, 2.24) is 4.72 Å². The quantitative estimate of drug-likeness (QED) is 0.291. The van der Waals surface area contributed by atoms with E-state index in [1.165, 1.54) is 24.0 Å². The maximum absolute atomic E-state index is 13.5. The summed E-state index contributed by atoms with van der Waals surface area (Å²) in [7, 11) is 1.85. The standard InChI is InChI=1S/C34H41ClN2O4S/c1-39-30-6-2-4-25-19-40-15-13-32(25)42-36-33(38)23-8-12-31-29(17-23)37(18-24-7-10-27(24)30)20-34(21-41-31)14-3-5-22-16-26(35)9-11-28(22)34/h2,6,8-9,11-12,16-17,24-25,27,30,32H,3-5,7,10,13-15,18-21H2,1H3,(H,36,38)/b6-2+/t24-,25-,27+,30-,32-,34-/m0/s1. The Bertz CT molecular complexity index is 1350. The van der Waals surface area contributed by atoms with Crippen LogP contribution in [0.25, 0.3) is 0 Å². The summed E-state index contributed by atoms with van der Waals surface area (Å²) in [5.41, 5.74) is 4.27. The predicted octanol–water partition coefficient (Wildman–Crippen LogP) is 6.60. The van der Waals surface area contributed by atoms with Gasteiger partial charge in [-0.3, -0.25) is 9.52 Å². The van der Waals surface area contributed by atoms with Gasteiger partial charge in [0.15, 0.2) is 0 Å². The van der Waals surface area contributed by atoms with Crippen molar-refractivity contribution in [2.24, 2.45) is 17.8 Å². The summed E-state index contributed by atoms with van der Waals surface area (Å²) < 4.78 is 21.8. The molecule has 2 aromatic rings. The first kappa shape index (κ1) is 28.6. The monoisotopic (exact) mass is 608 g/mol.